The molecule has 7 heteroatoms. The SMILES string of the molecule is Cc1oc(-c2cccc(Cl)c2)nc1-c1ccc(/C=C/C(=O)N[C@@H]2C[C@@H](C)N(C#N)C2)cc1. The maximum absolute atomic E-state index is 12.2. The van der Waals surface area contributed by atoms with E-state index in [2.05, 4.69) is 16.5 Å². The number of carbonyl (C=O) groups excluding carboxylic acids is 1. The van der Waals surface area contributed by atoms with E-state index in [1.165, 1.54) is 6.08 Å². The fraction of sp³-hybridized carbons (Fsp3) is 0.240. The molecule has 1 aliphatic rings. The van der Waals surface area contributed by atoms with Gasteiger partial charge in [-0.05, 0) is 50.1 Å². The summed E-state index contributed by atoms with van der Waals surface area (Å²) in [6.45, 7) is 4.42. The maximum atomic E-state index is 12.2. The van der Waals surface area contributed by atoms with Crippen LogP contribution in [0.1, 0.15) is 24.7 Å². The number of aryl methyl sites for hydroxylation is 1. The highest BCUT2D eigenvalue weighted by atomic mass is 35.5. The zero-order valence-corrected chi connectivity index (χ0v) is 18.6. The Morgan fingerprint density at radius 2 is 2.06 bits per heavy atom. The van der Waals surface area contributed by atoms with E-state index >= 15 is 0 Å². The van der Waals surface area contributed by atoms with Crippen LogP contribution < -0.4 is 5.32 Å². The van der Waals surface area contributed by atoms with Crippen LogP contribution in [0.5, 0.6) is 0 Å². The van der Waals surface area contributed by atoms with Crippen LogP contribution in [0.3, 0.4) is 0 Å². The Hall–Kier alpha value is -3.56. The molecule has 0 saturated carbocycles. The van der Waals surface area contributed by atoms with Crippen LogP contribution in [-0.4, -0.2) is 34.4 Å². The molecule has 1 amide bonds. The molecule has 32 heavy (non-hydrogen) atoms. The van der Waals surface area contributed by atoms with Crippen LogP contribution in [-0.2, 0) is 4.79 Å². The third-order valence-electron chi connectivity index (χ3n) is 5.53. The van der Waals surface area contributed by atoms with Crippen LogP contribution in [0.15, 0.2) is 59.0 Å². The summed E-state index contributed by atoms with van der Waals surface area (Å²) in [5.74, 6) is 1.08. The third-order valence-corrected chi connectivity index (χ3v) is 5.76. The summed E-state index contributed by atoms with van der Waals surface area (Å²) in [6.07, 6.45) is 6.22. The minimum absolute atomic E-state index is 0.00647. The van der Waals surface area contributed by atoms with E-state index in [1.54, 1.807) is 11.0 Å². The van der Waals surface area contributed by atoms with Gasteiger partial charge in [0.1, 0.15) is 11.5 Å². The van der Waals surface area contributed by atoms with Gasteiger partial charge in [0, 0.05) is 40.9 Å². The highest BCUT2D eigenvalue weighted by Crippen LogP contribution is 2.30. The summed E-state index contributed by atoms with van der Waals surface area (Å²) in [5.41, 5.74) is 3.42. The summed E-state index contributed by atoms with van der Waals surface area (Å²) < 4.78 is 5.85. The summed E-state index contributed by atoms with van der Waals surface area (Å²) in [7, 11) is 0. The average Bonchev–Trinajstić information content (AvgIpc) is 3.34. The smallest absolute Gasteiger partial charge is 0.244 e. The number of nitrogens with one attached hydrogen (secondary N) is 1. The van der Waals surface area contributed by atoms with Crippen molar-refractivity contribution in [3.05, 3.63) is 71.0 Å². The van der Waals surface area contributed by atoms with Gasteiger partial charge in [0.25, 0.3) is 0 Å². The first kappa shape index (κ1) is 21.7. The number of carbonyl (C=O) groups is 1. The molecule has 2 atom stereocenters. The van der Waals surface area contributed by atoms with Gasteiger partial charge in [-0.3, -0.25) is 4.79 Å². The number of oxazole rings is 1. The second-order valence-electron chi connectivity index (χ2n) is 7.93. The van der Waals surface area contributed by atoms with Gasteiger partial charge >= 0.3 is 0 Å². The number of amides is 1. The summed E-state index contributed by atoms with van der Waals surface area (Å²) in [5, 5.41) is 12.7. The predicted octanol–water partition coefficient (Wildman–Crippen LogP) is 5.04. The molecule has 1 saturated heterocycles. The third kappa shape index (κ3) is 4.84. The van der Waals surface area contributed by atoms with Crippen molar-refractivity contribution in [2.45, 2.75) is 32.4 Å². The average molecular weight is 447 g/mol. The standard InChI is InChI=1S/C25H23ClN4O2/c1-16-12-22(14-30(16)15-27)28-23(31)11-8-18-6-9-19(10-7-18)24-17(2)32-25(29-24)20-4-3-5-21(26)13-20/h3-11,13,16,22H,12,14H2,1-2H3,(H,28,31)/b11-8+/t16-,22-/m1/s1. The Morgan fingerprint density at radius 3 is 2.75 bits per heavy atom. The van der Waals surface area contributed by atoms with Crippen molar-refractivity contribution in [1.82, 2.24) is 15.2 Å². The molecule has 1 aromatic heterocycles. The van der Waals surface area contributed by atoms with Gasteiger partial charge in [-0.1, -0.05) is 41.9 Å². The quantitative estimate of drug-likeness (QED) is 0.438. The van der Waals surface area contributed by atoms with Crippen molar-refractivity contribution in [2.75, 3.05) is 6.54 Å². The number of nitriles is 1. The molecule has 2 aromatic carbocycles. The lowest BCUT2D eigenvalue weighted by Crippen LogP contribution is -2.35. The Morgan fingerprint density at radius 1 is 1.28 bits per heavy atom. The molecule has 162 valence electrons. The summed E-state index contributed by atoms with van der Waals surface area (Å²) in [6, 6.07) is 15.3. The maximum Gasteiger partial charge on any atom is 0.244 e. The number of hydrogen-bond donors (Lipinski definition) is 1. The van der Waals surface area contributed by atoms with Crippen molar-refractivity contribution < 1.29 is 9.21 Å². The Bertz CT molecular complexity index is 1190. The van der Waals surface area contributed by atoms with Crippen LogP contribution in [0, 0.1) is 18.4 Å². The van der Waals surface area contributed by atoms with E-state index in [-0.39, 0.29) is 18.0 Å². The number of halogens is 1. The molecule has 1 fully saturated rings. The van der Waals surface area contributed by atoms with Crippen molar-refractivity contribution in [2.24, 2.45) is 0 Å². The molecule has 2 heterocycles. The normalized spacial score (nSPS) is 18.1. The van der Waals surface area contributed by atoms with E-state index in [4.69, 9.17) is 21.3 Å². The number of nitrogens with zero attached hydrogens (tertiary/aromatic N) is 3. The fourth-order valence-corrected chi connectivity index (χ4v) is 4.05. The summed E-state index contributed by atoms with van der Waals surface area (Å²) in [4.78, 5) is 18.6. The topological polar surface area (TPSA) is 82.2 Å². The number of rotatable bonds is 5. The zero-order valence-electron chi connectivity index (χ0n) is 17.9. The molecular formula is C25H23ClN4O2. The molecular weight excluding hydrogens is 424 g/mol. The number of hydrogen-bond acceptors (Lipinski definition) is 5. The number of likely N-dealkylation sites (tertiary alicyclic amines) is 1. The minimum atomic E-state index is -0.162. The molecule has 0 unspecified atom stereocenters. The van der Waals surface area contributed by atoms with Gasteiger partial charge in [0.15, 0.2) is 6.19 Å². The van der Waals surface area contributed by atoms with Crippen molar-refractivity contribution >= 4 is 23.6 Å². The molecule has 1 N–H and O–H groups in total. The number of benzene rings is 2. The van der Waals surface area contributed by atoms with Crippen molar-refractivity contribution in [1.29, 1.82) is 5.26 Å². The largest absolute Gasteiger partial charge is 0.441 e. The van der Waals surface area contributed by atoms with Crippen molar-refractivity contribution in [3.8, 4) is 28.9 Å². The van der Waals surface area contributed by atoms with Crippen LogP contribution >= 0.6 is 11.6 Å². The Labute approximate surface area is 192 Å². The van der Waals surface area contributed by atoms with E-state index in [1.807, 2.05) is 62.4 Å². The predicted molar refractivity (Wildman–Crippen MR) is 124 cm³/mol. The molecule has 0 bridgehead atoms. The second kappa shape index (κ2) is 9.29. The van der Waals surface area contributed by atoms with Gasteiger partial charge in [0.2, 0.25) is 11.8 Å². The molecule has 0 aliphatic carbocycles. The monoisotopic (exact) mass is 446 g/mol. The highest BCUT2D eigenvalue weighted by Gasteiger charge is 2.28. The summed E-state index contributed by atoms with van der Waals surface area (Å²) >= 11 is 6.08. The molecule has 1 aliphatic heterocycles. The lowest BCUT2D eigenvalue weighted by atomic mass is 10.1. The first-order valence-electron chi connectivity index (χ1n) is 10.4. The van der Waals surface area contributed by atoms with Crippen LogP contribution in [0.25, 0.3) is 28.8 Å². The fourth-order valence-electron chi connectivity index (χ4n) is 3.86. The van der Waals surface area contributed by atoms with Gasteiger partial charge < -0.3 is 14.6 Å². The Kier molecular flexibility index (Phi) is 6.29. The van der Waals surface area contributed by atoms with Crippen LogP contribution in [0.2, 0.25) is 5.02 Å². The van der Waals surface area contributed by atoms with Gasteiger partial charge in [-0.15, -0.1) is 0 Å². The van der Waals surface area contributed by atoms with Crippen LogP contribution in [0.4, 0.5) is 0 Å². The molecule has 0 spiro atoms. The molecule has 6 nitrogen and oxygen atoms in total. The van der Waals surface area contributed by atoms with E-state index < -0.39 is 0 Å². The van der Waals surface area contributed by atoms with Gasteiger partial charge in [0.05, 0.1) is 0 Å². The first-order valence-corrected chi connectivity index (χ1v) is 10.8. The second-order valence-corrected chi connectivity index (χ2v) is 8.37. The lowest BCUT2D eigenvalue weighted by molar-refractivity contribution is -0.117. The van der Waals surface area contributed by atoms with E-state index in [0.717, 1.165) is 34.6 Å². The van der Waals surface area contributed by atoms with Gasteiger partial charge in [-0.25, -0.2) is 4.98 Å². The molecule has 3 aromatic rings. The molecule has 4 rings (SSSR count). The highest BCUT2D eigenvalue weighted by molar-refractivity contribution is 6.30. The zero-order chi connectivity index (χ0) is 22.7. The number of aromatic nitrogens is 1. The first-order chi connectivity index (χ1) is 15.4. The minimum Gasteiger partial charge on any atom is -0.441 e. The Balaban J connectivity index is 1.41. The van der Waals surface area contributed by atoms with Crippen molar-refractivity contribution in [3.63, 3.8) is 0 Å². The van der Waals surface area contributed by atoms with E-state index in [0.29, 0.717) is 17.5 Å². The lowest BCUT2D eigenvalue weighted by Gasteiger charge is -2.11. The van der Waals surface area contributed by atoms with Gasteiger partial charge in [-0.2, -0.15) is 5.26 Å². The molecule has 0 radical (unpaired) electrons. The van der Waals surface area contributed by atoms with E-state index in [9.17, 15) is 4.79 Å².